The van der Waals surface area contributed by atoms with Crippen LogP contribution in [0.5, 0.6) is 0 Å². The molecule has 2 aromatic carbocycles. The van der Waals surface area contributed by atoms with E-state index in [2.05, 4.69) is 10.3 Å². The van der Waals surface area contributed by atoms with Crippen LogP contribution in [-0.4, -0.2) is 40.6 Å². The van der Waals surface area contributed by atoms with Gasteiger partial charge in [-0.05, 0) is 49.6 Å². The van der Waals surface area contributed by atoms with Crippen molar-refractivity contribution in [3.05, 3.63) is 81.6 Å². The van der Waals surface area contributed by atoms with Gasteiger partial charge < -0.3 is 10.2 Å². The molecule has 170 valence electrons. The van der Waals surface area contributed by atoms with Crippen LogP contribution in [0.2, 0.25) is 0 Å². The predicted octanol–water partition coefficient (Wildman–Crippen LogP) is 4.69. The maximum Gasteiger partial charge on any atom is 0.275 e. The van der Waals surface area contributed by atoms with Crippen molar-refractivity contribution in [3.63, 3.8) is 0 Å². The Bertz CT molecular complexity index is 1170. The van der Waals surface area contributed by atoms with Crippen LogP contribution < -0.4 is 5.32 Å². The number of carbonyl (C=O) groups is 3. The van der Waals surface area contributed by atoms with Gasteiger partial charge in [-0.15, -0.1) is 11.3 Å². The average molecular weight is 466 g/mol. The molecule has 1 aliphatic heterocycles. The first-order chi connectivity index (χ1) is 15.9. The van der Waals surface area contributed by atoms with Crippen LogP contribution in [0.1, 0.15) is 57.1 Å². The maximum absolute atomic E-state index is 13.1. The van der Waals surface area contributed by atoms with E-state index in [1.165, 1.54) is 30.4 Å². The molecule has 0 radical (unpaired) electrons. The van der Waals surface area contributed by atoms with E-state index in [1.54, 1.807) is 41.8 Å². The molecule has 1 aliphatic rings. The van der Waals surface area contributed by atoms with Crippen LogP contribution in [0.4, 0.5) is 10.1 Å². The molecule has 2 heterocycles. The van der Waals surface area contributed by atoms with Gasteiger partial charge in [-0.1, -0.05) is 24.3 Å². The summed E-state index contributed by atoms with van der Waals surface area (Å²) >= 11 is 1.44. The highest BCUT2D eigenvalue weighted by atomic mass is 32.1. The average Bonchev–Trinajstić information content (AvgIpc) is 3.31. The van der Waals surface area contributed by atoms with Crippen molar-refractivity contribution in [1.82, 2.24) is 9.88 Å². The number of aromatic nitrogens is 1. The molecule has 1 aromatic heterocycles. The molecule has 1 fully saturated rings. The molecular formula is C25H24FN3O3S. The second-order valence-corrected chi connectivity index (χ2v) is 8.97. The molecule has 6 nitrogen and oxygen atoms in total. The monoisotopic (exact) mass is 465 g/mol. The Morgan fingerprint density at radius 2 is 1.79 bits per heavy atom. The van der Waals surface area contributed by atoms with Gasteiger partial charge in [0.25, 0.3) is 5.91 Å². The summed E-state index contributed by atoms with van der Waals surface area (Å²) in [5.41, 5.74) is 2.05. The van der Waals surface area contributed by atoms with Gasteiger partial charge in [0.1, 0.15) is 11.5 Å². The van der Waals surface area contributed by atoms with Gasteiger partial charge in [0.2, 0.25) is 5.91 Å². The van der Waals surface area contributed by atoms with Crippen LogP contribution in [0.25, 0.3) is 0 Å². The lowest BCUT2D eigenvalue weighted by molar-refractivity contribution is -0.131. The summed E-state index contributed by atoms with van der Waals surface area (Å²) in [5, 5.41) is 5.39. The smallest absolute Gasteiger partial charge is 0.275 e. The second-order valence-electron chi connectivity index (χ2n) is 8.09. The highest BCUT2D eigenvalue weighted by molar-refractivity contribution is 7.10. The van der Waals surface area contributed by atoms with E-state index < -0.39 is 0 Å². The molecule has 1 N–H and O–H groups in total. The summed E-state index contributed by atoms with van der Waals surface area (Å²) in [4.78, 5) is 43.4. The Kier molecular flexibility index (Phi) is 6.93. The molecule has 4 rings (SSSR count). The number of piperidine rings is 1. The fourth-order valence-electron chi connectivity index (χ4n) is 3.93. The van der Waals surface area contributed by atoms with Gasteiger partial charge in [-0.3, -0.25) is 14.4 Å². The van der Waals surface area contributed by atoms with Crippen LogP contribution in [0, 0.1) is 5.82 Å². The molecule has 0 unspecified atom stereocenters. The van der Waals surface area contributed by atoms with Crippen LogP contribution >= 0.6 is 11.3 Å². The second kappa shape index (κ2) is 10.0. The maximum atomic E-state index is 13.1. The van der Waals surface area contributed by atoms with Gasteiger partial charge in [-0.2, -0.15) is 0 Å². The molecule has 8 heteroatoms. The normalized spacial score (nSPS) is 14.2. The number of halogens is 1. The summed E-state index contributed by atoms with van der Waals surface area (Å²) in [5.74, 6) is -0.561. The number of ketones is 1. The molecule has 0 spiro atoms. The lowest BCUT2D eigenvalue weighted by Gasteiger charge is -2.31. The van der Waals surface area contributed by atoms with Crippen LogP contribution in [0.15, 0.2) is 53.9 Å². The zero-order valence-corrected chi connectivity index (χ0v) is 19.0. The number of nitrogens with one attached hydrogen (secondary N) is 1. The third-order valence-electron chi connectivity index (χ3n) is 5.77. The van der Waals surface area contributed by atoms with Gasteiger partial charge in [-0.25, -0.2) is 9.37 Å². The number of amides is 2. The van der Waals surface area contributed by atoms with Gasteiger partial charge in [0, 0.05) is 30.0 Å². The lowest BCUT2D eigenvalue weighted by Crippen LogP contribution is -2.38. The SMILES string of the molecule is CC(=O)c1ccccc1NC(=O)c1csc(C2CCN(C(=O)Cc3ccc(F)cc3)CC2)n1. The number of rotatable bonds is 6. The zero-order valence-electron chi connectivity index (χ0n) is 18.2. The van der Waals surface area contributed by atoms with E-state index in [4.69, 9.17) is 0 Å². The van der Waals surface area contributed by atoms with Crippen molar-refractivity contribution >= 4 is 34.6 Å². The molecule has 0 aliphatic carbocycles. The summed E-state index contributed by atoms with van der Waals surface area (Å²) in [7, 11) is 0. The largest absolute Gasteiger partial charge is 0.342 e. The Balaban J connectivity index is 1.33. The highest BCUT2D eigenvalue weighted by Gasteiger charge is 2.26. The first-order valence-electron chi connectivity index (χ1n) is 10.8. The molecule has 0 atom stereocenters. The minimum absolute atomic E-state index is 0.0309. The number of likely N-dealkylation sites (tertiary alicyclic amines) is 1. The van der Waals surface area contributed by atoms with Gasteiger partial charge in [0.05, 0.1) is 17.1 Å². The Morgan fingerprint density at radius 1 is 1.09 bits per heavy atom. The van der Waals surface area contributed by atoms with Crippen molar-refractivity contribution < 1.29 is 18.8 Å². The fraction of sp³-hybridized carbons (Fsp3) is 0.280. The topological polar surface area (TPSA) is 79.4 Å². The minimum atomic E-state index is -0.349. The van der Waals surface area contributed by atoms with E-state index >= 15 is 0 Å². The standard InChI is InChI=1S/C25H24FN3O3S/c1-16(30)20-4-2-3-5-21(20)27-24(32)22-15-33-25(28-22)18-10-12-29(13-11-18)23(31)14-17-6-8-19(26)9-7-17/h2-9,15,18H,10-14H2,1H3,(H,27,32). The number of Topliss-reactive ketones (excluding diaryl/α,β-unsaturated/α-hetero) is 1. The highest BCUT2D eigenvalue weighted by Crippen LogP contribution is 2.31. The number of hydrogen-bond acceptors (Lipinski definition) is 5. The minimum Gasteiger partial charge on any atom is -0.342 e. The number of carbonyl (C=O) groups excluding carboxylic acids is 3. The van der Waals surface area contributed by atoms with Gasteiger partial charge in [0.15, 0.2) is 5.78 Å². The third-order valence-corrected chi connectivity index (χ3v) is 6.78. The molecule has 1 saturated heterocycles. The Morgan fingerprint density at radius 3 is 2.48 bits per heavy atom. The summed E-state index contributed by atoms with van der Waals surface area (Å²) in [6, 6.07) is 12.9. The van der Waals surface area contributed by atoms with E-state index in [9.17, 15) is 18.8 Å². The van der Waals surface area contributed by atoms with Crippen molar-refractivity contribution in [2.75, 3.05) is 18.4 Å². The van der Waals surface area contributed by atoms with Crippen LogP contribution in [-0.2, 0) is 11.2 Å². The zero-order chi connectivity index (χ0) is 23.4. The fourth-order valence-corrected chi connectivity index (χ4v) is 4.90. The van der Waals surface area contributed by atoms with Crippen molar-refractivity contribution in [2.45, 2.75) is 32.1 Å². The van der Waals surface area contributed by atoms with E-state index in [1.807, 2.05) is 4.90 Å². The van der Waals surface area contributed by atoms with E-state index in [-0.39, 0.29) is 35.8 Å². The number of anilines is 1. The van der Waals surface area contributed by atoms with E-state index in [0.717, 1.165) is 23.4 Å². The number of thiazole rings is 1. The number of benzene rings is 2. The summed E-state index contributed by atoms with van der Waals surface area (Å²) < 4.78 is 13.1. The number of para-hydroxylation sites is 1. The van der Waals surface area contributed by atoms with E-state index in [0.29, 0.717) is 30.0 Å². The Labute approximate surface area is 195 Å². The van der Waals surface area contributed by atoms with Crippen molar-refractivity contribution in [2.24, 2.45) is 0 Å². The molecular weight excluding hydrogens is 441 g/mol. The van der Waals surface area contributed by atoms with Crippen LogP contribution in [0.3, 0.4) is 0 Å². The third kappa shape index (κ3) is 5.51. The molecule has 0 saturated carbocycles. The Hall–Kier alpha value is -3.39. The summed E-state index contributed by atoms with van der Waals surface area (Å²) in [6.45, 7) is 2.71. The quantitative estimate of drug-likeness (QED) is 0.536. The molecule has 3 aromatic rings. The number of hydrogen-bond donors (Lipinski definition) is 1. The predicted molar refractivity (Wildman–Crippen MR) is 125 cm³/mol. The van der Waals surface area contributed by atoms with Crippen molar-refractivity contribution in [1.29, 1.82) is 0 Å². The van der Waals surface area contributed by atoms with Crippen molar-refractivity contribution in [3.8, 4) is 0 Å². The molecule has 0 bridgehead atoms. The molecule has 2 amide bonds. The molecule has 33 heavy (non-hydrogen) atoms. The number of nitrogens with zero attached hydrogens (tertiary/aromatic N) is 2. The first kappa shape index (κ1) is 22.8. The van der Waals surface area contributed by atoms with Gasteiger partial charge >= 0.3 is 0 Å². The lowest BCUT2D eigenvalue weighted by atomic mass is 9.97. The first-order valence-corrected chi connectivity index (χ1v) is 11.7. The summed E-state index contributed by atoms with van der Waals surface area (Å²) in [6.07, 6.45) is 1.81.